The number of benzene rings is 1. The minimum Gasteiger partial charge on any atom is -0.378 e. The second-order valence-electron chi connectivity index (χ2n) is 7.47. The normalized spacial score (nSPS) is 13.8. The van der Waals surface area contributed by atoms with Gasteiger partial charge in [0, 0.05) is 42.4 Å². The molecule has 1 aromatic carbocycles. The standard InChI is InChI=1S/C23H23N7O2/c24-29-20-6-1-16(14-26-20)19-13-15-7-8-25-23(31)21(15)22(28-19)27-17-2-4-18(5-3-17)30-9-11-32-12-10-30/h1-8,13-14H,9-12,24H2,(H,25,31)(H,26,29)(H,27,28). The van der Waals surface area contributed by atoms with Gasteiger partial charge in [-0.15, -0.1) is 0 Å². The van der Waals surface area contributed by atoms with Crippen LogP contribution in [-0.2, 0) is 4.74 Å². The van der Waals surface area contributed by atoms with Crippen LogP contribution in [0.5, 0.6) is 0 Å². The smallest absolute Gasteiger partial charge is 0.259 e. The van der Waals surface area contributed by atoms with E-state index < -0.39 is 0 Å². The minimum absolute atomic E-state index is 0.199. The molecule has 0 amide bonds. The molecule has 162 valence electrons. The van der Waals surface area contributed by atoms with Gasteiger partial charge >= 0.3 is 0 Å². The first-order valence-corrected chi connectivity index (χ1v) is 10.4. The van der Waals surface area contributed by atoms with Gasteiger partial charge in [0.1, 0.15) is 11.6 Å². The van der Waals surface area contributed by atoms with Crippen LogP contribution >= 0.6 is 0 Å². The van der Waals surface area contributed by atoms with Crippen molar-refractivity contribution in [1.82, 2.24) is 15.0 Å². The Morgan fingerprint density at radius 3 is 2.59 bits per heavy atom. The molecule has 32 heavy (non-hydrogen) atoms. The first-order valence-electron chi connectivity index (χ1n) is 10.4. The topological polar surface area (TPSA) is 121 Å². The molecule has 4 aromatic rings. The lowest BCUT2D eigenvalue weighted by atomic mass is 10.1. The highest BCUT2D eigenvalue weighted by Crippen LogP contribution is 2.28. The summed E-state index contributed by atoms with van der Waals surface area (Å²) in [5, 5.41) is 4.61. The number of fused-ring (bicyclic) bond motifs is 1. The van der Waals surface area contributed by atoms with E-state index in [1.807, 2.05) is 30.3 Å². The average molecular weight is 429 g/mol. The molecule has 1 fully saturated rings. The predicted octanol–water partition coefficient (Wildman–Crippen LogP) is 2.85. The van der Waals surface area contributed by atoms with Crippen molar-refractivity contribution in [1.29, 1.82) is 0 Å². The number of H-pyrrole nitrogens is 1. The molecule has 0 atom stereocenters. The summed E-state index contributed by atoms with van der Waals surface area (Å²) in [6.45, 7) is 3.23. The molecule has 9 heteroatoms. The number of nitrogens with two attached hydrogens (primary N) is 1. The van der Waals surface area contributed by atoms with E-state index in [0.29, 0.717) is 22.7 Å². The second kappa shape index (κ2) is 8.66. The molecule has 0 spiro atoms. The van der Waals surface area contributed by atoms with E-state index in [9.17, 15) is 4.79 Å². The largest absolute Gasteiger partial charge is 0.378 e. The highest BCUT2D eigenvalue weighted by atomic mass is 16.5. The van der Waals surface area contributed by atoms with Crippen LogP contribution in [0, 0.1) is 0 Å². The van der Waals surface area contributed by atoms with Crippen LogP contribution in [0.1, 0.15) is 0 Å². The van der Waals surface area contributed by atoms with E-state index in [1.165, 1.54) is 0 Å². The Morgan fingerprint density at radius 2 is 1.88 bits per heavy atom. The van der Waals surface area contributed by atoms with Crippen molar-refractivity contribution in [2.45, 2.75) is 0 Å². The summed E-state index contributed by atoms with van der Waals surface area (Å²) in [6.07, 6.45) is 3.33. The first-order chi connectivity index (χ1) is 15.7. The molecule has 0 bridgehead atoms. The van der Waals surface area contributed by atoms with Crippen molar-refractivity contribution in [3.8, 4) is 11.3 Å². The molecular weight excluding hydrogens is 406 g/mol. The zero-order chi connectivity index (χ0) is 21.9. The van der Waals surface area contributed by atoms with Gasteiger partial charge in [0.05, 0.1) is 24.3 Å². The van der Waals surface area contributed by atoms with E-state index in [2.05, 4.69) is 37.7 Å². The summed E-state index contributed by atoms with van der Waals surface area (Å²) in [6, 6.07) is 15.5. The number of hydrogen-bond donors (Lipinski definition) is 4. The SMILES string of the molecule is NNc1ccc(-c2cc3cc[nH]c(=O)c3c(Nc3ccc(N4CCOCC4)cc3)n2)cn1. The number of pyridine rings is 3. The number of morpholine rings is 1. The van der Waals surface area contributed by atoms with Crippen LogP contribution < -0.4 is 27.0 Å². The van der Waals surface area contributed by atoms with Gasteiger partial charge in [-0.25, -0.2) is 15.8 Å². The van der Waals surface area contributed by atoms with Gasteiger partial charge in [-0.3, -0.25) is 4.79 Å². The Bertz CT molecular complexity index is 1280. The molecule has 0 radical (unpaired) electrons. The highest BCUT2D eigenvalue weighted by molar-refractivity contribution is 5.95. The first kappa shape index (κ1) is 20.0. The van der Waals surface area contributed by atoms with E-state index in [4.69, 9.17) is 15.6 Å². The van der Waals surface area contributed by atoms with Crippen molar-refractivity contribution < 1.29 is 4.74 Å². The molecular formula is C23H23N7O2. The van der Waals surface area contributed by atoms with Crippen molar-refractivity contribution >= 4 is 33.8 Å². The summed E-state index contributed by atoms with van der Waals surface area (Å²) >= 11 is 0. The van der Waals surface area contributed by atoms with Crippen LogP contribution in [0.2, 0.25) is 0 Å². The maximum absolute atomic E-state index is 12.6. The molecule has 0 saturated carbocycles. The molecule has 1 aliphatic heterocycles. The maximum atomic E-state index is 12.6. The third-order valence-electron chi connectivity index (χ3n) is 5.47. The number of nitrogens with zero attached hydrogens (tertiary/aromatic N) is 3. The summed E-state index contributed by atoms with van der Waals surface area (Å²) in [5.74, 6) is 6.46. The summed E-state index contributed by atoms with van der Waals surface area (Å²) in [7, 11) is 0. The number of ether oxygens (including phenoxy) is 1. The van der Waals surface area contributed by atoms with E-state index in [0.717, 1.165) is 48.6 Å². The number of nitrogens with one attached hydrogen (secondary N) is 3. The fourth-order valence-corrected chi connectivity index (χ4v) is 3.80. The Labute approximate surface area is 184 Å². The molecule has 4 heterocycles. The van der Waals surface area contributed by atoms with Gasteiger partial charge in [-0.2, -0.15) is 0 Å². The Balaban J connectivity index is 1.51. The lowest BCUT2D eigenvalue weighted by Gasteiger charge is -2.28. The Hall–Kier alpha value is -3.95. The summed E-state index contributed by atoms with van der Waals surface area (Å²) < 4.78 is 5.43. The predicted molar refractivity (Wildman–Crippen MR) is 126 cm³/mol. The van der Waals surface area contributed by atoms with Gasteiger partial charge in [0.15, 0.2) is 0 Å². The second-order valence-corrected chi connectivity index (χ2v) is 7.47. The van der Waals surface area contributed by atoms with E-state index in [-0.39, 0.29) is 5.56 Å². The van der Waals surface area contributed by atoms with Crippen molar-refractivity contribution in [2.24, 2.45) is 5.84 Å². The molecule has 3 aromatic heterocycles. The average Bonchev–Trinajstić information content (AvgIpc) is 2.85. The van der Waals surface area contributed by atoms with Crippen LogP contribution in [0.4, 0.5) is 23.0 Å². The van der Waals surface area contributed by atoms with E-state index >= 15 is 0 Å². The van der Waals surface area contributed by atoms with Crippen LogP contribution in [0.3, 0.4) is 0 Å². The van der Waals surface area contributed by atoms with Crippen LogP contribution in [0.15, 0.2) is 65.7 Å². The highest BCUT2D eigenvalue weighted by Gasteiger charge is 2.13. The molecule has 0 aliphatic carbocycles. The monoisotopic (exact) mass is 429 g/mol. The number of hydrogen-bond acceptors (Lipinski definition) is 8. The lowest BCUT2D eigenvalue weighted by molar-refractivity contribution is 0.122. The number of aromatic amines is 1. The fraction of sp³-hybridized carbons (Fsp3) is 0.174. The number of aromatic nitrogens is 3. The number of hydrazine groups is 1. The van der Waals surface area contributed by atoms with Crippen molar-refractivity contribution in [3.63, 3.8) is 0 Å². The van der Waals surface area contributed by atoms with Crippen molar-refractivity contribution in [3.05, 3.63) is 71.3 Å². The zero-order valence-corrected chi connectivity index (χ0v) is 17.3. The van der Waals surface area contributed by atoms with Gasteiger partial charge in [-0.1, -0.05) is 0 Å². The zero-order valence-electron chi connectivity index (χ0n) is 17.3. The van der Waals surface area contributed by atoms with Crippen molar-refractivity contribution in [2.75, 3.05) is 41.9 Å². The lowest BCUT2D eigenvalue weighted by Crippen LogP contribution is -2.36. The molecule has 5 N–H and O–H groups in total. The third-order valence-corrected chi connectivity index (χ3v) is 5.47. The van der Waals surface area contributed by atoms with Gasteiger partial charge in [-0.05, 0) is 53.9 Å². The number of rotatable bonds is 5. The van der Waals surface area contributed by atoms with Gasteiger partial charge < -0.3 is 25.4 Å². The van der Waals surface area contributed by atoms with E-state index in [1.54, 1.807) is 18.5 Å². The fourth-order valence-electron chi connectivity index (χ4n) is 3.80. The minimum atomic E-state index is -0.199. The Morgan fingerprint density at radius 1 is 1.06 bits per heavy atom. The van der Waals surface area contributed by atoms with Crippen LogP contribution in [-0.4, -0.2) is 41.3 Å². The summed E-state index contributed by atoms with van der Waals surface area (Å²) in [5.41, 5.74) is 5.82. The van der Waals surface area contributed by atoms with Gasteiger partial charge in [0.2, 0.25) is 0 Å². The molecule has 9 nitrogen and oxygen atoms in total. The Kier molecular flexibility index (Phi) is 5.40. The summed E-state index contributed by atoms with van der Waals surface area (Å²) in [4.78, 5) is 26.6. The maximum Gasteiger partial charge on any atom is 0.259 e. The molecule has 5 rings (SSSR count). The molecule has 1 saturated heterocycles. The van der Waals surface area contributed by atoms with Crippen LogP contribution in [0.25, 0.3) is 22.0 Å². The number of nitrogen functional groups attached to an aromatic ring is 1. The molecule has 1 aliphatic rings. The number of anilines is 4. The molecule has 0 unspecified atom stereocenters. The quantitative estimate of drug-likeness (QED) is 0.282. The van der Waals surface area contributed by atoms with Gasteiger partial charge in [0.25, 0.3) is 5.56 Å². The third kappa shape index (κ3) is 3.98.